The molecule has 0 unspecified atom stereocenters. The van der Waals surface area contributed by atoms with E-state index in [1.165, 1.54) is 6.08 Å². The van der Waals surface area contributed by atoms with E-state index in [1.807, 2.05) is 12.1 Å². The van der Waals surface area contributed by atoms with E-state index in [1.54, 1.807) is 24.3 Å². The molecule has 1 N–H and O–H groups in total. The Kier molecular flexibility index (Phi) is 10.3. The summed E-state index contributed by atoms with van der Waals surface area (Å²) in [5.41, 5.74) is 0.896. The molecule has 29 heavy (non-hydrogen) atoms. The number of carbonyl (C=O) groups excluding carboxylic acids is 1. The molecule has 0 aliphatic carbocycles. The molecule has 0 atom stereocenters. The van der Waals surface area contributed by atoms with E-state index in [-0.39, 0.29) is 17.0 Å². The summed E-state index contributed by atoms with van der Waals surface area (Å²) < 4.78 is 11.2. The second kappa shape index (κ2) is 12.4. The van der Waals surface area contributed by atoms with Crippen LogP contribution in [0.25, 0.3) is 0 Å². The molecule has 0 spiro atoms. The van der Waals surface area contributed by atoms with Crippen molar-refractivity contribution < 1.29 is 14.3 Å². The monoisotopic (exact) mass is 495 g/mol. The Labute approximate surface area is 194 Å². The lowest BCUT2D eigenvalue weighted by atomic mass is 10.1. The van der Waals surface area contributed by atoms with Gasteiger partial charge in [-0.15, -0.1) is 0 Å². The number of benzene rings is 2. The minimum absolute atomic E-state index is 0.0732. The van der Waals surface area contributed by atoms with E-state index in [9.17, 15) is 4.79 Å². The number of halogens is 5. The molecule has 0 radical (unpaired) electrons. The summed E-state index contributed by atoms with van der Waals surface area (Å²) in [6.45, 7) is 0.991. The molecule has 1 amide bonds. The molecule has 4 nitrogen and oxygen atoms in total. The van der Waals surface area contributed by atoms with Gasteiger partial charge in [-0.2, -0.15) is 0 Å². The van der Waals surface area contributed by atoms with Crippen LogP contribution in [0.3, 0.4) is 0 Å². The lowest BCUT2D eigenvalue weighted by Crippen LogP contribution is -2.27. The van der Waals surface area contributed by atoms with E-state index in [4.69, 9.17) is 67.5 Å². The second-order valence-electron chi connectivity index (χ2n) is 5.88. The number of hydrogen-bond donors (Lipinski definition) is 1. The zero-order chi connectivity index (χ0) is 21.2. The van der Waals surface area contributed by atoms with Gasteiger partial charge in [0.2, 0.25) is 5.91 Å². The standard InChI is InChI=1S/C20H18Cl5NO3/c21-14-4-2-13(3-5-14)10-19(27)26-7-1-8-29-20-16(22)11-15(12-17(20)23)28-9-6-18(24)25/h2-6,11-12H,1,7-10H2,(H,26,27). The summed E-state index contributed by atoms with van der Waals surface area (Å²) >= 11 is 29.3. The molecule has 0 saturated heterocycles. The highest BCUT2D eigenvalue weighted by Gasteiger charge is 2.11. The first-order chi connectivity index (χ1) is 13.8. The van der Waals surface area contributed by atoms with Crippen molar-refractivity contribution in [2.75, 3.05) is 19.8 Å². The number of rotatable bonds is 10. The molecule has 0 fully saturated rings. The third kappa shape index (κ3) is 8.93. The number of hydrogen-bond acceptors (Lipinski definition) is 3. The highest BCUT2D eigenvalue weighted by molar-refractivity contribution is 6.55. The smallest absolute Gasteiger partial charge is 0.224 e. The van der Waals surface area contributed by atoms with Crippen molar-refractivity contribution in [3.05, 3.63) is 67.6 Å². The molecule has 2 rings (SSSR count). The van der Waals surface area contributed by atoms with Crippen LogP contribution in [0, 0.1) is 0 Å². The zero-order valence-corrected chi connectivity index (χ0v) is 19.0. The van der Waals surface area contributed by atoms with Crippen LogP contribution in [-0.4, -0.2) is 25.7 Å². The maximum atomic E-state index is 11.9. The Morgan fingerprint density at radius 2 is 1.66 bits per heavy atom. The summed E-state index contributed by atoms with van der Waals surface area (Å²) in [6.07, 6.45) is 2.38. The third-order valence-corrected chi connectivity index (χ3v) is 4.75. The largest absolute Gasteiger partial charge is 0.490 e. The van der Waals surface area contributed by atoms with E-state index in [0.29, 0.717) is 52.6 Å². The van der Waals surface area contributed by atoms with Gasteiger partial charge in [0.05, 0.1) is 23.1 Å². The lowest BCUT2D eigenvalue weighted by Gasteiger charge is -2.12. The number of amides is 1. The Bertz CT molecular complexity index is 829. The predicted molar refractivity (Wildman–Crippen MR) is 120 cm³/mol. The van der Waals surface area contributed by atoms with Crippen molar-refractivity contribution in [2.45, 2.75) is 12.8 Å². The molecule has 0 saturated carbocycles. The van der Waals surface area contributed by atoms with Gasteiger partial charge in [-0.3, -0.25) is 4.79 Å². The first kappa shape index (κ1) is 24.0. The van der Waals surface area contributed by atoms with Crippen molar-refractivity contribution in [1.82, 2.24) is 5.32 Å². The van der Waals surface area contributed by atoms with Crippen molar-refractivity contribution in [3.63, 3.8) is 0 Å². The van der Waals surface area contributed by atoms with E-state index >= 15 is 0 Å². The van der Waals surface area contributed by atoms with Gasteiger partial charge in [-0.05, 0) is 30.2 Å². The molecule has 9 heteroatoms. The van der Waals surface area contributed by atoms with Crippen LogP contribution in [-0.2, 0) is 11.2 Å². The Morgan fingerprint density at radius 1 is 1.00 bits per heavy atom. The summed E-state index contributed by atoms with van der Waals surface area (Å²) in [5, 5.41) is 4.12. The van der Waals surface area contributed by atoms with E-state index in [2.05, 4.69) is 5.32 Å². The fourth-order valence-corrected chi connectivity index (χ4v) is 3.11. The quantitative estimate of drug-likeness (QED) is 0.383. The van der Waals surface area contributed by atoms with Gasteiger partial charge >= 0.3 is 0 Å². The molecule has 0 aliphatic rings. The van der Waals surface area contributed by atoms with Gasteiger partial charge < -0.3 is 14.8 Å². The number of ether oxygens (including phenoxy) is 2. The molecule has 0 aliphatic heterocycles. The Morgan fingerprint density at radius 3 is 2.28 bits per heavy atom. The van der Waals surface area contributed by atoms with Crippen LogP contribution >= 0.6 is 58.0 Å². The van der Waals surface area contributed by atoms with E-state index in [0.717, 1.165) is 5.56 Å². The average molecular weight is 498 g/mol. The van der Waals surface area contributed by atoms with Gasteiger partial charge in [-0.1, -0.05) is 70.1 Å². The van der Waals surface area contributed by atoms with Gasteiger partial charge in [0.15, 0.2) is 5.75 Å². The molecule has 0 bridgehead atoms. The molecular formula is C20H18Cl5NO3. The third-order valence-electron chi connectivity index (χ3n) is 3.63. The van der Waals surface area contributed by atoms with Crippen LogP contribution < -0.4 is 14.8 Å². The van der Waals surface area contributed by atoms with Crippen molar-refractivity contribution in [2.24, 2.45) is 0 Å². The number of nitrogens with one attached hydrogen (secondary N) is 1. The van der Waals surface area contributed by atoms with Crippen LogP contribution in [0.5, 0.6) is 11.5 Å². The van der Waals surface area contributed by atoms with Crippen molar-refractivity contribution in [1.29, 1.82) is 0 Å². The van der Waals surface area contributed by atoms with Gasteiger partial charge in [0.1, 0.15) is 16.8 Å². The molecule has 156 valence electrons. The first-order valence-corrected chi connectivity index (χ1v) is 10.5. The minimum atomic E-state index is -0.0732. The van der Waals surface area contributed by atoms with Gasteiger partial charge in [-0.25, -0.2) is 0 Å². The zero-order valence-electron chi connectivity index (χ0n) is 15.2. The summed E-state index contributed by atoms with van der Waals surface area (Å²) in [7, 11) is 0. The fourth-order valence-electron chi connectivity index (χ4n) is 2.28. The predicted octanol–water partition coefficient (Wildman–Crippen LogP) is 6.47. The van der Waals surface area contributed by atoms with Crippen molar-refractivity contribution in [3.8, 4) is 11.5 Å². The van der Waals surface area contributed by atoms with Gasteiger partial charge in [0.25, 0.3) is 0 Å². The average Bonchev–Trinajstić information content (AvgIpc) is 2.65. The SMILES string of the molecule is O=C(Cc1ccc(Cl)cc1)NCCCOc1c(Cl)cc(OCC=C(Cl)Cl)cc1Cl. The normalized spacial score (nSPS) is 10.4. The number of carbonyl (C=O) groups is 1. The maximum absolute atomic E-state index is 11.9. The lowest BCUT2D eigenvalue weighted by molar-refractivity contribution is -0.120. The van der Waals surface area contributed by atoms with Crippen LogP contribution in [0.15, 0.2) is 47.0 Å². The maximum Gasteiger partial charge on any atom is 0.224 e. The summed E-state index contributed by atoms with van der Waals surface area (Å²) in [5.74, 6) is 0.753. The van der Waals surface area contributed by atoms with Crippen LogP contribution in [0.4, 0.5) is 0 Å². The Balaban J connectivity index is 1.73. The summed E-state index contributed by atoms with van der Waals surface area (Å²) in [4.78, 5) is 11.9. The van der Waals surface area contributed by atoms with Crippen molar-refractivity contribution >= 4 is 63.9 Å². The molecule has 0 aromatic heterocycles. The topological polar surface area (TPSA) is 47.6 Å². The Hall–Kier alpha value is -1.30. The molecule has 2 aromatic rings. The fraction of sp³-hybridized carbons (Fsp3) is 0.250. The van der Waals surface area contributed by atoms with E-state index < -0.39 is 0 Å². The molecule has 0 heterocycles. The highest BCUT2D eigenvalue weighted by atomic mass is 35.5. The molecular weight excluding hydrogens is 479 g/mol. The summed E-state index contributed by atoms with van der Waals surface area (Å²) in [6, 6.07) is 10.3. The van der Waals surface area contributed by atoms with Crippen LogP contribution in [0.2, 0.25) is 15.1 Å². The molecule has 2 aromatic carbocycles. The minimum Gasteiger partial charge on any atom is -0.490 e. The van der Waals surface area contributed by atoms with Crippen LogP contribution in [0.1, 0.15) is 12.0 Å². The highest BCUT2D eigenvalue weighted by Crippen LogP contribution is 2.37. The van der Waals surface area contributed by atoms with Gasteiger partial charge in [0, 0.05) is 23.7 Å². The first-order valence-electron chi connectivity index (χ1n) is 8.62. The second-order valence-corrected chi connectivity index (χ2v) is 8.13.